The first kappa shape index (κ1) is 16.1. The normalized spacial score (nSPS) is 27.7. The smallest absolute Gasteiger partial charge is 0.408 e. The molecule has 0 saturated carbocycles. The van der Waals surface area contributed by atoms with E-state index in [4.69, 9.17) is 9.84 Å². The van der Waals surface area contributed by atoms with Gasteiger partial charge in [-0.2, -0.15) is 11.8 Å². The van der Waals surface area contributed by atoms with E-state index in [1.807, 2.05) is 0 Å². The first-order valence-electron chi connectivity index (χ1n) is 6.46. The number of amides is 1. The van der Waals surface area contributed by atoms with Crippen LogP contribution in [-0.2, 0) is 9.53 Å². The number of carbonyl (C=O) groups excluding carboxylic acids is 1. The monoisotopic (exact) mass is 289 g/mol. The van der Waals surface area contributed by atoms with Crippen LogP contribution in [0.5, 0.6) is 0 Å². The standard InChI is InChI=1S/C13H23NO4S/c1-9-5-6-13(8-19-9,7-10(15)16)14-11(17)18-12(2,3)4/h9H,5-8H2,1-4H3,(H,14,17)(H,15,16). The molecule has 110 valence electrons. The van der Waals surface area contributed by atoms with Gasteiger partial charge in [0.25, 0.3) is 0 Å². The average molecular weight is 289 g/mol. The Morgan fingerprint density at radius 2 is 2.11 bits per heavy atom. The number of carboxylic acids is 1. The highest BCUT2D eigenvalue weighted by molar-refractivity contribution is 8.00. The molecule has 2 N–H and O–H groups in total. The fourth-order valence-corrected chi connectivity index (χ4v) is 3.24. The third-order valence-corrected chi connectivity index (χ3v) is 4.45. The van der Waals surface area contributed by atoms with Crippen LogP contribution in [0.25, 0.3) is 0 Å². The van der Waals surface area contributed by atoms with E-state index in [0.29, 0.717) is 17.4 Å². The molecule has 19 heavy (non-hydrogen) atoms. The van der Waals surface area contributed by atoms with Crippen molar-refractivity contribution in [2.24, 2.45) is 0 Å². The molecule has 0 radical (unpaired) electrons. The summed E-state index contributed by atoms with van der Waals surface area (Å²) in [6.07, 6.45) is 0.968. The maximum Gasteiger partial charge on any atom is 0.408 e. The third kappa shape index (κ3) is 5.72. The van der Waals surface area contributed by atoms with Crippen molar-refractivity contribution >= 4 is 23.8 Å². The molecular weight excluding hydrogens is 266 g/mol. The highest BCUT2D eigenvalue weighted by atomic mass is 32.2. The quantitative estimate of drug-likeness (QED) is 0.835. The molecule has 6 heteroatoms. The minimum absolute atomic E-state index is 0.0635. The number of ether oxygens (including phenoxy) is 1. The molecule has 1 saturated heterocycles. The lowest BCUT2D eigenvalue weighted by Crippen LogP contribution is -2.55. The number of nitrogens with one attached hydrogen (secondary N) is 1. The molecule has 1 fully saturated rings. The average Bonchev–Trinajstić information content (AvgIpc) is 2.18. The van der Waals surface area contributed by atoms with Gasteiger partial charge in [0.05, 0.1) is 12.0 Å². The number of carbonyl (C=O) groups is 2. The van der Waals surface area contributed by atoms with Crippen LogP contribution in [0.2, 0.25) is 0 Å². The van der Waals surface area contributed by atoms with Crippen molar-refractivity contribution in [1.82, 2.24) is 5.32 Å². The van der Waals surface area contributed by atoms with E-state index in [1.54, 1.807) is 32.5 Å². The number of alkyl carbamates (subject to hydrolysis) is 1. The Hall–Kier alpha value is -0.910. The fraction of sp³-hybridized carbons (Fsp3) is 0.846. The SMILES string of the molecule is CC1CCC(CC(=O)O)(NC(=O)OC(C)(C)C)CS1. The van der Waals surface area contributed by atoms with Crippen molar-refractivity contribution in [3.05, 3.63) is 0 Å². The lowest BCUT2D eigenvalue weighted by atomic mass is 9.90. The topological polar surface area (TPSA) is 75.6 Å². The zero-order valence-corrected chi connectivity index (χ0v) is 12.8. The number of thioether (sulfide) groups is 1. The summed E-state index contributed by atoms with van der Waals surface area (Å²) in [5.74, 6) is -0.286. The predicted octanol–water partition coefficient (Wildman–Crippen LogP) is 2.64. The maximum atomic E-state index is 11.9. The van der Waals surface area contributed by atoms with E-state index in [9.17, 15) is 9.59 Å². The van der Waals surface area contributed by atoms with Gasteiger partial charge in [-0.1, -0.05) is 6.92 Å². The van der Waals surface area contributed by atoms with Crippen LogP contribution in [0.4, 0.5) is 4.79 Å². The van der Waals surface area contributed by atoms with E-state index >= 15 is 0 Å². The van der Waals surface area contributed by atoms with Crippen molar-refractivity contribution in [3.63, 3.8) is 0 Å². The van der Waals surface area contributed by atoms with Crippen LogP contribution in [0, 0.1) is 0 Å². The number of aliphatic carboxylic acids is 1. The van der Waals surface area contributed by atoms with Gasteiger partial charge in [-0.3, -0.25) is 4.79 Å². The molecule has 1 heterocycles. The number of hydrogen-bond donors (Lipinski definition) is 2. The maximum absolute atomic E-state index is 11.9. The second-order valence-corrected chi connectivity index (χ2v) is 7.56. The van der Waals surface area contributed by atoms with Crippen LogP contribution in [0.15, 0.2) is 0 Å². The Bertz CT molecular complexity index is 343. The summed E-state index contributed by atoms with van der Waals surface area (Å²) in [6.45, 7) is 7.47. The van der Waals surface area contributed by atoms with Crippen molar-refractivity contribution in [2.45, 2.75) is 63.3 Å². The molecule has 1 amide bonds. The molecule has 0 spiro atoms. The van der Waals surface area contributed by atoms with Gasteiger partial charge >= 0.3 is 12.1 Å². The Kier molecular flexibility index (Phi) is 5.12. The Morgan fingerprint density at radius 1 is 1.47 bits per heavy atom. The van der Waals surface area contributed by atoms with Crippen LogP contribution < -0.4 is 5.32 Å². The number of hydrogen-bond acceptors (Lipinski definition) is 4. The van der Waals surface area contributed by atoms with Gasteiger partial charge in [-0.05, 0) is 33.6 Å². The first-order chi connectivity index (χ1) is 8.62. The molecule has 0 aromatic heterocycles. The third-order valence-electron chi connectivity index (χ3n) is 2.93. The predicted molar refractivity (Wildman–Crippen MR) is 75.5 cm³/mol. The zero-order valence-electron chi connectivity index (χ0n) is 12.0. The van der Waals surface area contributed by atoms with Gasteiger partial charge in [-0.25, -0.2) is 4.79 Å². The summed E-state index contributed by atoms with van der Waals surface area (Å²) in [7, 11) is 0. The number of carboxylic acid groups (broad SMARTS) is 1. The molecule has 0 bridgehead atoms. The van der Waals surface area contributed by atoms with Gasteiger partial charge in [-0.15, -0.1) is 0 Å². The fourth-order valence-electron chi connectivity index (χ4n) is 2.03. The summed E-state index contributed by atoms with van der Waals surface area (Å²) >= 11 is 1.69. The minimum atomic E-state index is -0.897. The van der Waals surface area contributed by atoms with E-state index in [2.05, 4.69) is 12.2 Å². The summed E-state index contributed by atoms with van der Waals surface area (Å²) in [5, 5.41) is 12.3. The summed E-state index contributed by atoms with van der Waals surface area (Å²) in [5.41, 5.74) is -1.27. The molecule has 5 nitrogen and oxygen atoms in total. The molecule has 0 aromatic rings. The minimum Gasteiger partial charge on any atom is -0.481 e. The Morgan fingerprint density at radius 3 is 2.53 bits per heavy atom. The number of rotatable bonds is 3. The lowest BCUT2D eigenvalue weighted by molar-refractivity contribution is -0.138. The Balaban J connectivity index is 2.70. The Labute approximate surface area is 118 Å². The van der Waals surface area contributed by atoms with Gasteiger partial charge in [0.15, 0.2) is 0 Å². The van der Waals surface area contributed by atoms with Crippen LogP contribution in [0.1, 0.15) is 47.0 Å². The summed E-state index contributed by atoms with van der Waals surface area (Å²) < 4.78 is 5.22. The van der Waals surface area contributed by atoms with Gasteiger partial charge in [0.2, 0.25) is 0 Å². The molecule has 1 rings (SSSR count). The zero-order chi connectivity index (χ0) is 14.7. The molecule has 0 aromatic carbocycles. The molecular formula is C13H23NO4S. The van der Waals surface area contributed by atoms with Crippen LogP contribution >= 0.6 is 11.8 Å². The second-order valence-electron chi connectivity index (χ2n) is 6.14. The van der Waals surface area contributed by atoms with Gasteiger partial charge < -0.3 is 15.2 Å². The van der Waals surface area contributed by atoms with Crippen LogP contribution in [0.3, 0.4) is 0 Å². The highest BCUT2D eigenvalue weighted by Crippen LogP contribution is 2.34. The van der Waals surface area contributed by atoms with Gasteiger partial charge in [0.1, 0.15) is 5.60 Å². The molecule has 0 aliphatic carbocycles. The largest absolute Gasteiger partial charge is 0.481 e. The van der Waals surface area contributed by atoms with Crippen molar-refractivity contribution in [2.75, 3.05) is 5.75 Å². The summed E-state index contributed by atoms with van der Waals surface area (Å²) in [6, 6.07) is 0. The van der Waals surface area contributed by atoms with Crippen molar-refractivity contribution < 1.29 is 19.4 Å². The molecule has 2 unspecified atom stereocenters. The molecule has 1 aliphatic heterocycles. The van der Waals surface area contributed by atoms with Crippen LogP contribution in [-0.4, -0.2) is 39.3 Å². The van der Waals surface area contributed by atoms with Crippen molar-refractivity contribution in [3.8, 4) is 0 Å². The van der Waals surface area contributed by atoms with E-state index in [-0.39, 0.29) is 6.42 Å². The lowest BCUT2D eigenvalue weighted by Gasteiger charge is -2.39. The van der Waals surface area contributed by atoms with Crippen molar-refractivity contribution in [1.29, 1.82) is 0 Å². The molecule has 2 atom stereocenters. The van der Waals surface area contributed by atoms with E-state index in [0.717, 1.165) is 6.42 Å². The second kappa shape index (κ2) is 6.03. The first-order valence-corrected chi connectivity index (χ1v) is 7.51. The highest BCUT2D eigenvalue weighted by Gasteiger charge is 2.39. The van der Waals surface area contributed by atoms with Gasteiger partial charge in [0, 0.05) is 11.0 Å². The van der Waals surface area contributed by atoms with E-state index in [1.165, 1.54) is 0 Å². The van der Waals surface area contributed by atoms with E-state index < -0.39 is 23.2 Å². The molecule has 1 aliphatic rings. The summed E-state index contributed by atoms with van der Waals surface area (Å²) in [4.78, 5) is 22.9.